The Kier molecular flexibility index (Phi) is 6.76. The van der Waals surface area contributed by atoms with Crippen LogP contribution in [0.3, 0.4) is 0 Å². The first kappa shape index (κ1) is 29.4. The number of hydrogen-bond donors (Lipinski definition) is 0. The van der Waals surface area contributed by atoms with Crippen LogP contribution >= 0.6 is 0 Å². The van der Waals surface area contributed by atoms with Crippen LogP contribution < -0.4 is 0 Å². The van der Waals surface area contributed by atoms with E-state index >= 15 is 0 Å². The van der Waals surface area contributed by atoms with Crippen molar-refractivity contribution >= 4 is 11.8 Å². The molecule has 1 heterocycles. The molecule has 5 fully saturated rings. The molecule has 6 rings (SSSR count). The molecule has 0 amide bonds. The number of allylic oxidation sites excluding steroid dienone is 2. The fourth-order valence-electron chi connectivity index (χ4n) is 11.8. The molecule has 4 saturated carbocycles. The van der Waals surface area contributed by atoms with Crippen LogP contribution in [0.5, 0.6) is 0 Å². The van der Waals surface area contributed by atoms with E-state index in [-0.39, 0.29) is 62.6 Å². The fourth-order valence-corrected chi connectivity index (χ4v) is 11.8. The summed E-state index contributed by atoms with van der Waals surface area (Å²) >= 11 is 0. The molecule has 6 nitrogen and oxygen atoms in total. The monoisotopic (exact) mass is 568 g/mol. The minimum absolute atomic E-state index is 0.00154. The van der Waals surface area contributed by atoms with Crippen LogP contribution in [0.4, 0.5) is 0 Å². The Hall–Kier alpha value is -1.66. The molecule has 228 valence electrons. The lowest BCUT2D eigenvalue weighted by Gasteiger charge is -2.70. The summed E-state index contributed by atoms with van der Waals surface area (Å²) in [6, 6.07) is 0. The maximum atomic E-state index is 14.6. The van der Waals surface area contributed by atoms with Gasteiger partial charge in [0.05, 0.1) is 39.6 Å². The Morgan fingerprint density at radius 1 is 0.927 bits per heavy atom. The van der Waals surface area contributed by atoms with Crippen LogP contribution in [0.1, 0.15) is 92.9 Å². The van der Waals surface area contributed by atoms with Crippen LogP contribution in [0, 0.1) is 56.7 Å². The largest absolute Gasteiger partial charge is 0.505 e. The maximum Gasteiger partial charge on any atom is 0.308 e. The SMILES string of the molecule is CO/C=C\[C@@]1(C)[C@@H]2CC[C@]3(C)C(=CC(=O)[C@@H]4[C@@H]5CC(C)(C)C[C@@H](C(=O)OC)C5CC[C@]43C)[C@@]2(C)CCC12OCCO2. The van der Waals surface area contributed by atoms with E-state index in [1.807, 2.05) is 0 Å². The Morgan fingerprint density at radius 2 is 1.63 bits per heavy atom. The maximum absolute atomic E-state index is 14.6. The number of esters is 1. The third-order valence-corrected chi connectivity index (χ3v) is 13.8. The van der Waals surface area contributed by atoms with Crippen molar-refractivity contribution in [2.45, 2.75) is 98.7 Å². The highest BCUT2D eigenvalue weighted by Gasteiger charge is 2.71. The predicted molar refractivity (Wildman–Crippen MR) is 156 cm³/mol. The second-order valence-corrected chi connectivity index (χ2v) is 16.0. The number of fused-ring (bicyclic) bond motifs is 7. The van der Waals surface area contributed by atoms with Gasteiger partial charge in [-0.05, 0) is 96.5 Å². The molecule has 6 heteroatoms. The van der Waals surface area contributed by atoms with Gasteiger partial charge >= 0.3 is 5.97 Å². The van der Waals surface area contributed by atoms with Crippen molar-refractivity contribution in [3.63, 3.8) is 0 Å². The molecule has 0 aromatic rings. The fraction of sp³-hybridized carbons (Fsp3) is 0.829. The Morgan fingerprint density at radius 3 is 2.29 bits per heavy atom. The highest BCUT2D eigenvalue weighted by atomic mass is 16.7. The topological polar surface area (TPSA) is 71.1 Å². The number of hydrogen-bond acceptors (Lipinski definition) is 6. The lowest BCUT2D eigenvalue weighted by atomic mass is 9.34. The van der Waals surface area contributed by atoms with E-state index in [1.54, 1.807) is 13.4 Å². The highest BCUT2D eigenvalue weighted by molar-refractivity contribution is 5.95. The van der Waals surface area contributed by atoms with Gasteiger partial charge < -0.3 is 18.9 Å². The van der Waals surface area contributed by atoms with Gasteiger partial charge in [0.25, 0.3) is 0 Å². The lowest BCUT2D eigenvalue weighted by Crippen LogP contribution is -2.66. The van der Waals surface area contributed by atoms with E-state index in [2.05, 4.69) is 53.7 Å². The molecule has 1 unspecified atom stereocenters. The van der Waals surface area contributed by atoms with E-state index < -0.39 is 5.79 Å². The van der Waals surface area contributed by atoms with Gasteiger partial charge in [0.15, 0.2) is 11.6 Å². The molecule has 1 aliphatic heterocycles. The summed E-state index contributed by atoms with van der Waals surface area (Å²) in [6.07, 6.45) is 13.7. The van der Waals surface area contributed by atoms with Crippen LogP contribution in [0.15, 0.2) is 24.0 Å². The molecule has 9 atom stereocenters. The Labute approximate surface area is 247 Å². The first-order chi connectivity index (χ1) is 19.2. The summed E-state index contributed by atoms with van der Waals surface area (Å²) in [5.41, 5.74) is 0.591. The predicted octanol–water partition coefficient (Wildman–Crippen LogP) is 6.88. The van der Waals surface area contributed by atoms with E-state index in [0.717, 1.165) is 51.4 Å². The molecule has 0 aromatic carbocycles. The van der Waals surface area contributed by atoms with Gasteiger partial charge in [0, 0.05) is 17.8 Å². The third kappa shape index (κ3) is 3.81. The van der Waals surface area contributed by atoms with Crippen molar-refractivity contribution in [3.05, 3.63) is 24.0 Å². The number of ether oxygens (including phenoxy) is 4. The number of rotatable bonds is 3. The van der Waals surface area contributed by atoms with Gasteiger partial charge in [0.2, 0.25) is 0 Å². The van der Waals surface area contributed by atoms with Crippen molar-refractivity contribution in [1.29, 1.82) is 0 Å². The minimum atomic E-state index is -0.653. The summed E-state index contributed by atoms with van der Waals surface area (Å²) in [4.78, 5) is 27.6. The quantitative estimate of drug-likeness (QED) is 0.273. The summed E-state index contributed by atoms with van der Waals surface area (Å²) in [5.74, 6) is 0.0571. The third-order valence-electron chi connectivity index (χ3n) is 13.8. The van der Waals surface area contributed by atoms with Crippen molar-refractivity contribution in [1.82, 2.24) is 0 Å². The molecule has 0 bridgehead atoms. The van der Waals surface area contributed by atoms with Crippen molar-refractivity contribution in [2.24, 2.45) is 56.7 Å². The average Bonchev–Trinajstić information content (AvgIpc) is 3.40. The van der Waals surface area contributed by atoms with Crippen molar-refractivity contribution in [2.75, 3.05) is 27.4 Å². The van der Waals surface area contributed by atoms with Gasteiger partial charge in [-0.3, -0.25) is 9.59 Å². The second-order valence-electron chi connectivity index (χ2n) is 16.0. The Bertz CT molecular complexity index is 1160. The number of carbonyl (C=O) groups is 2. The van der Waals surface area contributed by atoms with Crippen molar-refractivity contribution in [3.8, 4) is 0 Å². The van der Waals surface area contributed by atoms with Crippen molar-refractivity contribution < 1.29 is 28.5 Å². The standard InChI is InChI=1S/C35H52O6/c1-30(2)20-23-22(24(21-30)29(37)39-8)9-11-34(6)28(23)25(36)19-27-31(3)13-14-35(40-17-18-41-35)33(5,15-16-38-7)26(31)10-12-32(27,34)4/h15-16,19,22-24,26,28H,9-14,17-18,20-21H2,1-8H3/b16-15-/t22?,23-,24-,26-,28+,31+,32-,33+,34-/m1/s1. The molecule has 6 aliphatic rings. The normalized spacial score (nSPS) is 48.0. The zero-order chi connectivity index (χ0) is 29.6. The summed E-state index contributed by atoms with van der Waals surface area (Å²) in [7, 11) is 3.21. The van der Waals surface area contributed by atoms with E-state index in [0.29, 0.717) is 19.0 Å². The molecule has 41 heavy (non-hydrogen) atoms. The van der Waals surface area contributed by atoms with Crippen LogP contribution in [-0.4, -0.2) is 45.0 Å². The van der Waals surface area contributed by atoms with Gasteiger partial charge in [-0.25, -0.2) is 0 Å². The molecule has 0 radical (unpaired) electrons. The second kappa shape index (κ2) is 9.42. The number of carbonyl (C=O) groups excluding carboxylic acids is 2. The number of ketones is 1. The van der Waals surface area contributed by atoms with E-state index in [1.165, 1.54) is 12.7 Å². The summed E-state index contributed by atoms with van der Waals surface area (Å²) in [6.45, 7) is 15.4. The minimum Gasteiger partial charge on any atom is -0.505 e. The molecular weight excluding hydrogens is 516 g/mol. The molecule has 5 aliphatic carbocycles. The number of methoxy groups -OCH3 is 2. The molecule has 1 saturated heterocycles. The molecule has 0 aromatic heterocycles. The van der Waals surface area contributed by atoms with Gasteiger partial charge in [0.1, 0.15) is 0 Å². The first-order valence-electron chi connectivity index (χ1n) is 16.0. The molecule has 0 N–H and O–H groups in total. The smallest absolute Gasteiger partial charge is 0.308 e. The van der Waals surface area contributed by atoms with Gasteiger partial charge in [-0.15, -0.1) is 0 Å². The average molecular weight is 569 g/mol. The van der Waals surface area contributed by atoms with E-state index in [4.69, 9.17) is 18.9 Å². The van der Waals surface area contributed by atoms with E-state index in [9.17, 15) is 9.59 Å². The highest BCUT2D eigenvalue weighted by Crippen LogP contribution is 2.75. The molecule has 1 spiro atoms. The summed E-state index contributed by atoms with van der Waals surface area (Å²) in [5, 5.41) is 0. The Balaban J connectivity index is 1.44. The first-order valence-corrected chi connectivity index (χ1v) is 16.0. The zero-order valence-corrected chi connectivity index (χ0v) is 26.6. The van der Waals surface area contributed by atoms with Crippen LogP contribution in [0.25, 0.3) is 0 Å². The lowest BCUT2D eigenvalue weighted by molar-refractivity contribution is -0.277. The molecular formula is C35H52O6. The van der Waals surface area contributed by atoms with Crippen LogP contribution in [0.2, 0.25) is 0 Å². The van der Waals surface area contributed by atoms with Crippen LogP contribution in [-0.2, 0) is 28.5 Å². The zero-order valence-electron chi connectivity index (χ0n) is 26.6. The van der Waals surface area contributed by atoms with Gasteiger partial charge in [-0.1, -0.05) is 47.1 Å². The summed E-state index contributed by atoms with van der Waals surface area (Å²) < 4.78 is 23.7. The van der Waals surface area contributed by atoms with Gasteiger partial charge in [-0.2, -0.15) is 0 Å².